The molecular weight excluding hydrogens is 344 g/mol. The van der Waals surface area contributed by atoms with E-state index in [0.29, 0.717) is 11.8 Å². The summed E-state index contributed by atoms with van der Waals surface area (Å²) >= 11 is 0. The van der Waals surface area contributed by atoms with Crippen LogP contribution >= 0.6 is 0 Å². The van der Waals surface area contributed by atoms with E-state index in [-0.39, 0.29) is 18.0 Å². The Morgan fingerprint density at radius 3 is 2.41 bits per heavy atom. The van der Waals surface area contributed by atoms with Gasteiger partial charge in [0.05, 0.1) is 12.3 Å². The number of carbonyl (C=O) groups excluding carboxylic acids is 2. The Bertz CT molecular complexity index is 726. The minimum absolute atomic E-state index is 0.0361. The van der Waals surface area contributed by atoms with E-state index in [4.69, 9.17) is 5.10 Å². The Kier molecular flexibility index (Phi) is 5.62. The third-order valence-corrected chi connectivity index (χ3v) is 5.70. The monoisotopic (exact) mass is 375 g/mol. The molecule has 2 atom stereocenters. The van der Waals surface area contributed by atoms with Crippen LogP contribution in [0, 0.1) is 0 Å². The molecule has 0 aliphatic carbocycles. The van der Waals surface area contributed by atoms with E-state index in [1.54, 1.807) is 7.05 Å². The number of aliphatic imine (C=N–C) groups is 1. The quantitative estimate of drug-likeness (QED) is 0.505. The molecule has 27 heavy (non-hydrogen) atoms. The van der Waals surface area contributed by atoms with Crippen molar-refractivity contribution in [3.8, 4) is 0 Å². The summed E-state index contributed by atoms with van der Waals surface area (Å²) in [4.78, 5) is 32.4. The van der Waals surface area contributed by atoms with Gasteiger partial charge >= 0.3 is 12.0 Å². The molecule has 1 fully saturated rings. The first-order valence-corrected chi connectivity index (χ1v) is 10.00. The molecule has 3 amide bonds. The van der Waals surface area contributed by atoms with E-state index in [2.05, 4.69) is 11.9 Å². The van der Waals surface area contributed by atoms with Gasteiger partial charge in [0.15, 0.2) is 0 Å². The predicted molar refractivity (Wildman–Crippen MR) is 105 cm³/mol. The maximum atomic E-state index is 12.8. The lowest BCUT2D eigenvalue weighted by molar-refractivity contribution is -0.559. The van der Waals surface area contributed by atoms with Gasteiger partial charge in [-0.15, -0.1) is 10.1 Å². The molecule has 3 aliphatic rings. The lowest BCUT2D eigenvalue weighted by atomic mass is 10.1. The van der Waals surface area contributed by atoms with Crippen LogP contribution in [0.5, 0.6) is 0 Å². The maximum Gasteiger partial charge on any atom is 0.416 e. The van der Waals surface area contributed by atoms with Crippen molar-refractivity contribution in [2.45, 2.75) is 71.4 Å². The molecule has 8 heteroatoms. The van der Waals surface area contributed by atoms with E-state index in [0.717, 1.165) is 25.1 Å². The average Bonchev–Trinajstić information content (AvgIpc) is 3.06. The summed E-state index contributed by atoms with van der Waals surface area (Å²) in [5, 5.41) is 6.63. The molecule has 0 radical (unpaired) electrons. The topological polar surface area (TPSA) is 71.6 Å². The first-order valence-electron chi connectivity index (χ1n) is 10.00. The van der Waals surface area contributed by atoms with E-state index in [1.165, 1.54) is 42.5 Å². The van der Waals surface area contributed by atoms with Crippen LogP contribution in [0.15, 0.2) is 10.1 Å². The van der Waals surface area contributed by atoms with Gasteiger partial charge in [0.2, 0.25) is 11.9 Å². The Morgan fingerprint density at radius 1 is 1.04 bits per heavy atom. The number of nitrogens with zero attached hydrogens (tertiary/aromatic N) is 6. The van der Waals surface area contributed by atoms with Crippen LogP contribution in [0.1, 0.15) is 59.3 Å². The first kappa shape index (κ1) is 19.5. The summed E-state index contributed by atoms with van der Waals surface area (Å²) in [6.07, 6.45) is 7.23. The molecule has 148 valence electrons. The van der Waals surface area contributed by atoms with Crippen molar-refractivity contribution < 1.29 is 14.2 Å². The van der Waals surface area contributed by atoms with Gasteiger partial charge in [0.25, 0.3) is 5.91 Å². The molecule has 3 aliphatic heterocycles. The summed E-state index contributed by atoms with van der Waals surface area (Å²) in [5.74, 6) is 0.959. The lowest BCUT2D eigenvalue weighted by Crippen LogP contribution is -2.63. The fourth-order valence-corrected chi connectivity index (χ4v) is 3.85. The van der Waals surface area contributed by atoms with Gasteiger partial charge in [0, 0.05) is 14.1 Å². The molecule has 3 rings (SSSR count). The molecule has 8 nitrogen and oxygen atoms in total. The number of unbranched alkanes of at least 4 members (excludes halogenated alkanes) is 5. The zero-order chi connectivity index (χ0) is 19.7. The second-order valence-corrected chi connectivity index (χ2v) is 7.63. The number of hydrogen-bond acceptors (Lipinski definition) is 5. The minimum Gasteiger partial charge on any atom is -0.270 e. The Morgan fingerprint density at radius 2 is 1.70 bits per heavy atom. The minimum atomic E-state index is -0.555. The number of imide groups is 1. The van der Waals surface area contributed by atoms with Crippen LogP contribution in [-0.2, 0) is 4.79 Å². The normalized spacial score (nSPS) is 25.0. The Labute approximate surface area is 161 Å². The number of rotatable bonds is 7. The highest BCUT2D eigenvalue weighted by Crippen LogP contribution is 2.25. The van der Waals surface area contributed by atoms with Crippen LogP contribution in [0.3, 0.4) is 0 Å². The molecule has 0 spiro atoms. The number of amidine groups is 1. The maximum absolute atomic E-state index is 12.8. The number of amides is 3. The van der Waals surface area contributed by atoms with Crippen LogP contribution < -0.4 is 0 Å². The van der Waals surface area contributed by atoms with Crippen molar-refractivity contribution >= 4 is 29.4 Å². The molecule has 3 heterocycles. The summed E-state index contributed by atoms with van der Waals surface area (Å²) in [6, 6.07) is -0.936. The summed E-state index contributed by atoms with van der Waals surface area (Å²) in [6.45, 7) is 7.01. The van der Waals surface area contributed by atoms with Crippen molar-refractivity contribution in [1.82, 2.24) is 14.8 Å². The SMILES string of the molecule is CCCCCCCCN1N=C(C)C(C)[N+]2=C1N=C1C2C(=O)N(C)C(=O)N1C. The van der Waals surface area contributed by atoms with Crippen LogP contribution in [0.25, 0.3) is 0 Å². The molecule has 0 aromatic carbocycles. The van der Waals surface area contributed by atoms with Gasteiger partial charge in [-0.1, -0.05) is 44.0 Å². The second kappa shape index (κ2) is 7.78. The number of hydrazone groups is 1. The zero-order valence-electron chi connectivity index (χ0n) is 17.1. The molecular formula is C19H31N6O2+. The molecule has 0 N–H and O–H groups in total. The van der Waals surface area contributed by atoms with Crippen LogP contribution in [-0.4, -0.2) is 81.6 Å². The number of fused-ring (bicyclic) bond motifs is 2. The lowest BCUT2D eigenvalue weighted by Gasteiger charge is -2.33. The molecule has 1 saturated heterocycles. The van der Waals surface area contributed by atoms with Gasteiger partial charge in [-0.25, -0.2) is 9.37 Å². The first-order chi connectivity index (χ1) is 12.9. The number of guanidine groups is 1. The third kappa shape index (κ3) is 3.37. The Balaban J connectivity index is 1.80. The van der Waals surface area contributed by atoms with Crippen molar-refractivity contribution in [3.63, 3.8) is 0 Å². The third-order valence-electron chi connectivity index (χ3n) is 5.70. The smallest absolute Gasteiger partial charge is 0.270 e. The van der Waals surface area contributed by atoms with Gasteiger partial charge < -0.3 is 0 Å². The van der Waals surface area contributed by atoms with E-state index in [9.17, 15) is 9.59 Å². The van der Waals surface area contributed by atoms with Gasteiger partial charge in [-0.05, 0) is 20.3 Å². The second-order valence-electron chi connectivity index (χ2n) is 7.63. The molecule has 2 unspecified atom stereocenters. The van der Waals surface area contributed by atoms with Gasteiger partial charge in [-0.2, -0.15) is 0 Å². The summed E-state index contributed by atoms with van der Waals surface area (Å²) in [7, 11) is 3.20. The fourth-order valence-electron chi connectivity index (χ4n) is 3.85. The zero-order valence-corrected chi connectivity index (χ0v) is 17.1. The van der Waals surface area contributed by atoms with Gasteiger partial charge in [0.1, 0.15) is 6.04 Å². The van der Waals surface area contributed by atoms with Gasteiger partial charge in [-0.3, -0.25) is 14.6 Å². The van der Waals surface area contributed by atoms with Crippen molar-refractivity contribution in [2.75, 3.05) is 20.6 Å². The van der Waals surface area contributed by atoms with E-state index in [1.807, 2.05) is 23.4 Å². The molecule has 0 aromatic rings. The van der Waals surface area contributed by atoms with Crippen LogP contribution in [0.2, 0.25) is 0 Å². The van der Waals surface area contributed by atoms with Crippen molar-refractivity contribution in [1.29, 1.82) is 0 Å². The number of likely N-dealkylation sites (N-methyl/N-ethyl adjacent to an activating group) is 2. The number of carbonyl (C=O) groups is 2. The standard InChI is InChI=1S/C19H31N6O2/c1-6-7-8-9-10-11-12-24-18-20-16-15(25(18)14(3)13(2)21-24)17(26)23(5)19(27)22(16)4/h14-15H,6-12H2,1-5H3/q+1. The molecule has 0 aromatic heterocycles. The average molecular weight is 375 g/mol. The van der Waals surface area contributed by atoms with Crippen molar-refractivity contribution in [2.24, 2.45) is 10.1 Å². The Hall–Kier alpha value is -2.25. The van der Waals surface area contributed by atoms with Crippen molar-refractivity contribution in [3.05, 3.63) is 0 Å². The predicted octanol–water partition coefficient (Wildman–Crippen LogP) is 2.10. The van der Waals surface area contributed by atoms with E-state index < -0.39 is 6.04 Å². The molecule has 0 bridgehead atoms. The number of urea groups is 1. The largest absolute Gasteiger partial charge is 0.416 e. The van der Waals surface area contributed by atoms with Crippen LogP contribution in [0.4, 0.5) is 4.79 Å². The highest BCUT2D eigenvalue weighted by molar-refractivity contribution is 6.23. The summed E-state index contributed by atoms with van der Waals surface area (Å²) in [5.41, 5.74) is 0.955. The number of hydrogen-bond donors (Lipinski definition) is 0. The highest BCUT2D eigenvalue weighted by atomic mass is 16.2. The summed E-state index contributed by atoms with van der Waals surface area (Å²) < 4.78 is 2.01. The highest BCUT2D eigenvalue weighted by Gasteiger charge is 2.55. The fraction of sp³-hybridized carbons (Fsp3) is 0.737. The molecule has 0 saturated carbocycles. The van der Waals surface area contributed by atoms with E-state index >= 15 is 0 Å².